The van der Waals surface area contributed by atoms with Crippen LogP contribution in [0.15, 0.2) is 30.6 Å². The molecule has 0 radical (unpaired) electrons. The summed E-state index contributed by atoms with van der Waals surface area (Å²) in [6, 6.07) is 4.75. The van der Waals surface area contributed by atoms with Gasteiger partial charge in [0.05, 0.1) is 11.7 Å². The highest BCUT2D eigenvalue weighted by atomic mass is 19.4. The first-order valence-electron chi connectivity index (χ1n) is 6.09. The summed E-state index contributed by atoms with van der Waals surface area (Å²) in [6.07, 6.45) is -1.70. The number of halogens is 3. The molecule has 0 aliphatic carbocycles. The molecule has 0 saturated carbocycles. The van der Waals surface area contributed by atoms with Gasteiger partial charge in [-0.3, -0.25) is 9.36 Å². The summed E-state index contributed by atoms with van der Waals surface area (Å²) in [5.41, 5.74) is 1.72. The first-order chi connectivity index (χ1) is 9.83. The quantitative estimate of drug-likeness (QED) is 0.791. The lowest BCUT2D eigenvalue weighted by molar-refractivity contribution is -0.142. The van der Waals surface area contributed by atoms with E-state index in [4.69, 9.17) is 0 Å². The van der Waals surface area contributed by atoms with E-state index in [1.807, 2.05) is 0 Å². The Morgan fingerprint density at radius 3 is 2.76 bits per heavy atom. The number of hydrogen-bond donors (Lipinski definition) is 1. The van der Waals surface area contributed by atoms with E-state index in [2.05, 4.69) is 10.2 Å². The third kappa shape index (κ3) is 2.56. The molecule has 0 atom stereocenters. The minimum atomic E-state index is -4.33. The lowest BCUT2D eigenvalue weighted by atomic mass is 10.1. The fraction of sp³-hybridized carbons (Fsp3) is 0.231. The van der Waals surface area contributed by atoms with Crippen LogP contribution in [-0.4, -0.2) is 30.8 Å². The van der Waals surface area contributed by atoms with Crippen LogP contribution in [0.25, 0.3) is 22.2 Å². The zero-order chi connectivity index (χ0) is 15.2. The van der Waals surface area contributed by atoms with Crippen LogP contribution in [0.4, 0.5) is 13.2 Å². The molecule has 3 aromatic rings. The smallest absolute Gasteiger partial charge is 0.408 e. The summed E-state index contributed by atoms with van der Waals surface area (Å²) in [7, 11) is 1.73. The van der Waals surface area contributed by atoms with Gasteiger partial charge in [0, 0.05) is 24.2 Å². The molecule has 0 saturated heterocycles. The van der Waals surface area contributed by atoms with Crippen LogP contribution < -0.4 is 0 Å². The summed E-state index contributed by atoms with van der Waals surface area (Å²) in [4.78, 5) is 0. The maximum Gasteiger partial charge on any atom is 0.408 e. The molecule has 2 aromatic heterocycles. The minimum absolute atomic E-state index is 0.0689. The predicted octanol–water partition coefficient (Wildman–Crippen LogP) is 2.70. The molecular weight excluding hydrogens is 285 g/mol. The molecule has 0 aliphatic heterocycles. The summed E-state index contributed by atoms with van der Waals surface area (Å²) >= 11 is 0. The van der Waals surface area contributed by atoms with Crippen molar-refractivity contribution in [3.63, 3.8) is 0 Å². The average Bonchev–Trinajstić information content (AvgIpc) is 2.92. The second-order valence-electron chi connectivity index (χ2n) is 4.72. The second-order valence-corrected chi connectivity index (χ2v) is 4.72. The van der Waals surface area contributed by atoms with Gasteiger partial charge in [-0.1, -0.05) is 0 Å². The van der Waals surface area contributed by atoms with Gasteiger partial charge < -0.3 is 5.11 Å². The Hall–Kier alpha value is -2.51. The highest BCUT2D eigenvalue weighted by Gasteiger charge is 2.28. The number of aromatic hydroxyl groups is 1. The van der Waals surface area contributed by atoms with Crippen LogP contribution in [0, 0.1) is 0 Å². The zero-order valence-corrected chi connectivity index (χ0v) is 11.0. The first kappa shape index (κ1) is 13.5. The second kappa shape index (κ2) is 4.51. The molecule has 0 amide bonds. The topological polar surface area (TPSA) is 55.9 Å². The van der Waals surface area contributed by atoms with E-state index in [0.29, 0.717) is 16.6 Å². The zero-order valence-electron chi connectivity index (χ0n) is 11.0. The molecule has 1 aromatic carbocycles. The van der Waals surface area contributed by atoms with Gasteiger partial charge >= 0.3 is 6.18 Å². The number of phenols is 1. The van der Waals surface area contributed by atoms with Crippen molar-refractivity contribution in [2.24, 2.45) is 7.05 Å². The van der Waals surface area contributed by atoms with Crippen molar-refractivity contribution in [1.29, 1.82) is 0 Å². The van der Waals surface area contributed by atoms with E-state index in [9.17, 15) is 18.3 Å². The summed E-state index contributed by atoms with van der Waals surface area (Å²) in [5, 5.41) is 18.2. The summed E-state index contributed by atoms with van der Waals surface area (Å²) < 4.78 is 39.5. The Morgan fingerprint density at radius 1 is 1.29 bits per heavy atom. The van der Waals surface area contributed by atoms with Crippen LogP contribution in [-0.2, 0) is 13.6 Å². The van der Waals surface area contributed by atoms with Crippen molar-refractivity contribution in [3.8, 4) is 17.0 Å². The number of aryl methyl sites for hydroxylation is 1. The normalized spacial score (nSPS) is 12.2. The van der Waals surface area contributed by atoms with Crippen LogP contribution in [0.2, 0.25) is 0 Å². The molecule has 5 nitrogen and oxygen atoms in total. The maximum atomic E-state index is 12.3. The first-order valence-corrected chi connectivity index (χ1v) is 6.09. The van der Waals surface area contributed by atoms with Gasteiger partial charge in [-0.05, 0) is 18.2 Å². The number of benzene rings is 1. The predicted molar refractivity (Wildman–Crippen MR) is 69.7 cm³/mol. The Kier molecular flexibility index (Phi) is 2.89. The molecule has 0 unspecified atom stereocenters. The number of phenolic OH excluding ortho intramolecular Hbond substituents is 1. The van der Waals surface area contributed by atoms with Gasteiger partial charge in [0.25, 0.3) is 0 Å². The highest BCUT2D eigenvalue weighted by molar-refractivity contribution is 5.93. The molecule has 0 fully saturated rings. The number of alkyl halides is 3. The number of fused-ring (bicyclic) bond motifs is 1. The van der Waals surface area contributed by atoms with E-state index in [0.717, 1.165) is 10.2 Å². The van der Waals surface area contributed by atoms with Crippen LogP contribution in [0.5, 0.6) is 5.75 Å². The highest BCUT2D eigenvalue weighted by Crippen LogP contribution is 2.30. The van der Waals surface area contributed by atoms with Crippen molar-refractivity contribution in [2.45, 2.75) is 12.7 Å². The van der Waals surface area contributed by atoms with Crippen LogP contribution >= 0.6 is 0 Å². The molecule has 0 aliphatic rings. The third-order valence-corrected chi connectivity index (χ3v) is 3.08. The molecule has 3 rings (SSSR count). The number of aromatic nitrogens is 4. The molecule has 1 N–H and O–H groups in total. The van der Waals surface area contributed by atoms with Gasteiger partial charge in [-0.25, -0.2) is 0 Å². The van der Waals surface area contributed by atoms with Gasteiger partial charge in [0.1, 0.15) is 18.0 Å². The fourth-order valence-electron chi connectivity index (χ4n) is 2.22. The van der Waals surface area contributed by atoms with Gasteiger partial charge in [-0.2, -0.15) is 23.4 Å². The van der Waals surface area contributed by atoms with Crippen molar-refractivity contribution < 1.29 is 18.3 Å². The largest absolute Gasteiger partial charge is 0.508 e. The van der Waals surface area contributed by atoms with E-state index < -0.39 is 12.7 Å². The maximum absolute atomic E-state index is 12.3. The van der Waals surface area contributed by atoms with Crippen molar-refractivity contribution >= 4 is 10.9 Å². The molecule has 2 heterocycles. The van der Waals surface area contributed by atoms with E-state index in [1.165, 1.54) is 24.5 Å². The Bertz CT molecular complexity index is 803. The lowest BCUT2D eigenvalue weighted by Crippen LogP contribution is -2.17. The Balaban J connectivity index is 2.07. The summed E-state index contributed by atoms with van der Waals surface area (Å²) in [5.74, 6) is 0.0689. The number of rotatable bonds is 2. The minimum Gasteiger partial charge on any atom is -0.508 e. The monoisotopic (exact) mass is 296 g/mol. The number of nitrogens with zero attached hydrogens (tertiary/aromatic N) is 4. The molecule has 21 heavy (non-hydrogen) atoms. The van der Waals surface area contributed by atoms with E-state index >= 15 is 0 Å². The van der Waals surface area contributed by atoms with Gasteiger partial charge in [0.15, 0.2) is 0 Å². The SMILES string of the molecule is Cn1nc(-c2cnn(CC(F)(F)F)c2)c2cc(O)ccc21. The van der Waals surface area contributed by atoms with Crippen molar-refractivity contribution in [3.05, 3.63) is 30.6 Å². The third-order valence-electron chi connectivity index (χ3n) is 3.08. The molecule has 8 heteroatoms. The van der Waals surface area contributed by atoms with Crippen LogP contribution in [0.1, 0.15) is 0 Å². The van der Waals surface area contributed by atoms with Crippen molar-refractivity contribution in [2.75, 3.05) is 0 Å². The molecular formula is C13H11F3N4O. The van der Waals surface area contributed by atoms with E-state index in [-0.39, 0.29) is 5.75 Å². The summed E-state index contributed by atoms with van der Waals surface area (Å²) in [6.45, 7) is -1.15. The Morgan fingerprint density at radius 2 is 2.05 bits per heavy atom. The molecule has 0 bridgehead atoms. The van der Waals surface area contributed by atoms with Crippen LogP contribution in [0.3, 0.4) is 0 Å². The molecule has 0 spiro atoms. The lowest BCUT2D eigenvalue weighted by Gasteiger charge is -2.04. The van der Waals surface area contributed by atoms with E-state index in [1.54, 1.807) is 17.8 Å². The van der Waals surface area contributed by atoms with Gasteiger partial charge in [0.2, 0.25) is 0 Å². The molecule has 110 valence electrons. The standard InChI is InChI=1S/C13H11F3N4O/c1-19-11-3-2-9(21)4-10(11)12(18-19)8-5-17-20(6-8)7-13(14,15)16/h2-6,21H,7H2,1H3. The van der Waals surface area contributed by atoms with Gasteiger partial charge in [-0.15, -0.1) is 0 Å². The van der Waals surface area contributed by atoms with Crippen molar-refractivity contribution in [1.82, 2.24) is 19.6 Å². The average molecular weight is 296 g/mol. The Labute approximate surface area is 117 Å². The fourth-order valence-corrected chi connectivity index (χ4v) is 2.22. The number of hydrogen-bond acceptors (Lipinski definition) is 3.